The van der Waals surface area contributed by atoms with E-state index < -0.39 is 0 Å². The largest absolute Gasteiger partial charge is 0.280 e. The van der Waals surface area contributed by atoms with Gasteiger partial charge in [0.25, 0.3) is 11.8 Å². The molecule has 0 bridgehead atoms. The van der Waals surface area contributed by atoms with Gasteiger partial charge < -0.3 is 0 Å². The quantitative estimate of drug-likeness (QED) is 0.733. The van der Waals surface area contributed by atoms with Gasteiger partial charge in [0.2, 0.25) is 0 Å². The van der Waals surface area contributed by atoms with Crippen LogP contribution in [0, 0.1) is 0 Å². The van der Waals surface area contributed by atoms with Crippen molar-refractivity contribution >= 4 is 40.1 Å². The van der Waals surface area contributed by atoms with Crippen LogP contribution in [0.1, 0.15) is 20.7 Å². The molecule has 0 saturated carbocycles. The molecule has 0 atom stereocenters. The number of imide groups is 1. The van der Waals surface area contributed by atoms with Crippen LogP contribution in [0.25, 0.3) is 10.9 Å². The molecule has 0 unspecified atom stereocenters. The molecule has 0 fully saturated rings. The van der Waals surface area contributed by atoms with Crippen molar-refractivity contribution in [3.05, 3.63) is 70.7 Å². The molecule has 1 N–H and O–H groups in total. The zero-order valence-corrected chi connectivity index (χ0v) is 12.5. The first-order valence-electron chi connectivity index (χ1n) is 6.94. The molecular formula is C17H10ClN3O2. The highest BCUT2D eigenvalue weighted by atomic mass is 35.5. The first-order valence-corrected chi connectivity index (χ1v) is 7.32. The van der Waals surface area contributed by atoms with Crippen molar-refractivity contribution in [2.75, 3.05) is 5.43 Å². The molecule has 1 aromatic heterocycles. The summed E-state index contributed by atoms with van der Waals surface area (Å²) in [6.45, 7) is 0. The highest BCUT2D eigenvalue weighted by Crippen LogP contribution is 2.24. The number of anilines is 1. The predicted octanol–water partition coefficient (Wildman–Crippen LogP) is 3.51. The van der Waals surface area contributed by atoms with Crippen molar-refractivity contribution in [1.29, 1.82) is 0 Å². The minimum Gasteiger partial charge on any atom is -0.271 e. The zero-order chi connectivity index (χ0) is 16.0. The van der Waals surface area contributed by atoms with Crippen LogP contribution < -0.4 is 5.43 Å². The van der Waals surface area contributed by atoms with E-state index in [1.54, 1.807) is 48.5 Å². The van der Waals surface area contributed by atoms with Crippen molar-refractivity contribution < 1.29 is 9.59 Å². The number of hydrogen-bond acceptors (Lipinski definition) is 4. The zero-order valence-electron chi connectivity index (χ0n) is 11.8. The first-order chi connectivity index (χ1) is 11.1. The summed E-state index contributed by atoms with van der Waals surface area (Å²) in [6.07, 6.45) is 0. The molecule has 112 valence electrons. The van der Waals surface area contributed by atoms with Gasteiger partial charge in [0.1, 0.15) is 5.82 Å². The number of nitrogens with zero attached hydrogens (tertiary/aromatic N) is 2. The van der Waals surface area contributed by atoms with Crippen LogP contribution in [-0.2, 0) is 0 Å². The van der Waals surface area contributed by atoms with E-state index in [0.717, 1.165) is 15.9 Å². The van der Waals surface area contributed by atoms with E-state index in [1.165, 1.54) is 0 Å². The van der Waals surface area contributed by atoms with Gasteiger partial charge in [-0.2, -0.15) is 5.01 Å². The van der Waals surface area contributed by atoms with E-state index in [2.05, 4.69) is 10.4 Å². The number of hydrazine groups is 1. The summed E-state index contributed by atoms with van der Waals surface area (Å²) < 4.78 is 0. The lowest BCUT2D eigenvalue weighted by Gasteiger charge is -2.15. The molecule has 2 heterocycles. The molecule has 1 aliphatic heterocycles. The summed E-state index contributed by atoms with van der Waals surface area (Å²) >= 11 is 5.94. The average Bonchev–Trinajstić information content (AvgIpc) is 2.80. The third-order valence-corrected chi connectivity index (χ3v) is 3.91. The molecule has 2 amide bonds. The number of rotatable bonds is 2. The molecule has 5 nitrogen and oxygen atoms in total. The number of carbonyl (C=O) groups excluding carboxylic acids is 2. The summed E-state index contributed by atoms with van der Waals surface area (Å²) in [5, 5.41) is 2.49. The van der Waals surface area contributed by atoms with E-state index in [-0.39, 0.29) is 11.8 Å². The topological polar surface area (TPSA) is 62.3 Å². The van der Waals surface area contributed by atoms with E-state index in [1.807, 2.05) is 6.07 Å². The first kappa shape index (κ1) is 13.7. The summed E-state index contributed by atoms with van der Waals surface area (Å²) in [5.41, 5.74) is 4.28. The number of halogens is 1. The Kier molecular flexibility index (Phi) is 3.02. The second kappa shape index (κ2) is 5.07. The van der Waals surface area contributed by atoms with Crippen LogP contribution in [0.3, 0.4) is 0 Å². The van der Waals surface area contributed by atoms with Crippen LogP contribution in [0.15, 0.2) is 54.6 Å². The lowest BCUT2D eigenvalue weighted by atomic mass is 10.1. The van der Waals surface area contributed by atoms with Crippen molar-refractivity contribution in [3.63, 3.8) is 0 Å². The average molecular weight is 324 g/mol. The Morgan fingerprint density at radius 3 is 2.30 bits per heavy atom. The van der Waals surface area contributed by atoms with E-state index in [9.17, 15) is 9.59 Å². The normalized spacial score (nSPS) is 13.5. The molecule has 0 aliphatic carbocycles. The molecule has 1 aliphatic rings. The van der Waals surface area contributed by atoms with Gasteiger partial charge in [0.15, 0.2) is 0 Å². The number of hydrogen-bond donors (Lipinski definition) is 1. The van der Waals surface area contributed by atoms with Crippen LogP contribution in [0.4, 0.5) is 5.82 Å². The van der Waals surface area contributed by atoms with Gasteiger partial charge in [-0.25, -0.2) is 4.98 Å². The van der Waals surface area contributed by atoms with E-state index in [4.69, 9.17) is 11.6 Å². The van der Waals surface area contributed by atoms with Crippen molar-refractivity contribution in [2.45, 2.75) is 0 Å². The number of aromatic nitrogens is 1. The maximum absolute atomic E-state index is 12.3. The summed E-state index contributed by atoms with van der Waals surface area (Å²) in [4.78, 5) is 29.0. The molecule has 23 heavy (non-hydrogen) atoms. The number of amides is 2. The fraction of sp³-hybridized carbons (Fsp3) is 0. The molecule has 0 saturated heterocycles. The van der Waals surface area contributed by atoms with Gasteiger partial charge in [0.05, 0.1) is 16.6 Å². The monoisotopic (exact) mass is 323 g/mol. The Bertz CT molecular complexity index is 936. The summed E-state index contributed by atoms with van der Waals surface area (Å²) in [7, 11) is 0. The van der Waals surface area contributed by atoms with Gasteiger partial charge >= 0.3 is 0 Å². The third kappa shape index (κ3) is 2.22. The Morgan fingerprint density at radius 1 is 0.913 bits per heavy atom. The Labute approximate surface area is 136 Å². The smallest absolute Gasteiger partial charge is 0.271 e. The number of pyridine rings is 1. The van der Waals surface area contributed by atoms with E-state index in [0.29, 0.717) is 22.0 Å². The van der Waals surface area contributed by atoms with Gasteiger partial charge in [0, 0.05) is 10.4 Å². The maximum atomic E-state index is 12.3. The lowest BCUT2D eigenvalue weighted by molar-refractivity contribution is 0.0690. The fourth-order valence-corrected chi connectivity index (χ4v) is 2.74. The molecule has 3 aromatic rings. The lowest BCUT2D eigenvalue weighted by Crippen LogP contribution is -2.35. The standard InChI is InChI=1S/C17H10ClN3O2/c18-11-6-7-14-10(9-11)5-8-15(19-14)20-21-16(22)12-3-1-2-4-13(12)17(21)23/h1-9H,(H,19,20). The highest BCUT2D eigenvalue weighted by Gasteiger charge is 2.35. The minimum atomic E-state index is -0.386. The van der Waals surface area contributed by atoms with E-state index >= 15 is 0 Å². The van der Waals surface area contributed by atoms with Crippen molar-refractivity contribution in [1.82, 2.24) is 9.99 Å². The molecule has 0 spiro atoms. The Morgan fingerprint density at radius 2 is 1.61 bits per heavy atom. The molecular weight excluding hydrogens is 314 g/mol. The summed E-state index contributed by atoms with van der Waals surface area (Å²) in [6, 6.07) is 15.6. The van der Waals surface area contributed by atoms with Crippen molar-refractivity contribution in [3.8, 4) is 0 Å². The third-order valence-electron chi connectivity index (χ3n) is 3.67. The Hall–Kier alpha value is -2.92. The van der Waals surface area contributed by atoms with Gasteiger partial charge in [-0.15, -0.1) is 0 Å². The molecule has 6 heteroatoms. The van der Waals surface area contributed by atoms with Gasteiger partial charge in [-0.05, 0) is 42.5 Å². The predicted molar refractivity (Wildman–Crippen MR) is 87.3 cm³/mol. The highest BCUT2D eigenvalue weighted by molar-refractivity contribution is 6.31. The van der Waals surface area contributed by atoms with Gasteiger partial charge in [-0.1, -0.05) is 23.7 Å². The SMILES string of the molecule is O=C1c2ccccc2C(=O)N1Nc1ccc2cc(Cl)ccc2n1. The second-order valence-corrected chi connectivity index (χ2v) is 5.57. The molecule has 4 rings (SSSR count). The number of nitrogens with one attached hydrogen (secondary N) is 1. The van der Waals surface area contributed by atoms with Gasteiger partial charge in [-0.3, -0.25) is 15.0 Å². The number of carbonyl (C=O) groups is 2. The fourth-order valence-electron chi connectivity index (χ4n) is 2.56. The van der Waals surface area contributed by atoms with Crippen molar-refractivity contribution in [2.24, 2.45) is 0 Å². The van der Waals surface area contributed by atoms with Crippen LogP contribution in [0.2, 0.25) is 5.02 Å². The second-order valence-electron chi connectivity index (χ2n) is 5.14. The van der Waals surface area contributed by atoms with Crippen LogP contribution in [0.5, 0.6) is 0 Å². The van der Waals surface area contributed by atoms with Crippen LogP contribution >= 0.6 is 11.6 Å². The van der Waals surface area contributed by atoms with Crippen LogP contribution in [-0.4, -0.2) is 21.8 Å². The molecule has 2 aromatic carbocycles. The number of fused-ring (bicyclic) bond motifs is 2. The summed E-state index contributed by atoms with van der Waals surface area (Å²) in [5.74, 6) is -0.360. The number of benzene rings is 2. The maximum Gasteiger partial charge on any atom is 0.280 e. The minimum absolute atomic E-state index is 0.386. The molecule has 0 radical (unpaired) electrons. The Balaban J connectivity index is 1.68.